The Balaban J connectivity index is 2.66. The second-order valence-corrected chi connectivity index (χ2v) is 8.70. The quantitative estimate of drug-likeness (QED) is 0.638. The third kappa shape index (κ3) is 4.32. The Morgan fingerprint density at radius 3 is 2.00 bits per heavy atom. The van der Waals surface area contributed by atoms with E-state index >= 15 is 0 Å². The van der Waals surface area contributed by atoms with E-state index in [0.717, 1.165) is 21.9 Å². The number of hydrogen-bond acceptors (Lipinski definition) is 6. The molecule has 1 N–H and O–H groups in total. The van der Waals surface area contributed by atoms with Crippen LogP contribution in [-0.2, 0) is 15.6 Å². The molecule has 1 aromatic carbocycles. The topological polar surface area (TPSA) is 64.1 Å². The molecule has 0 spiro atoms. The second-order valence-electron chi connectivity index (χ2n) is 7.86. The number of hydrogen-bond donors (Lipinski definition) is 1. The van der Waals surface area contributed by atoms with Crippen molar-refractivity contribution < 1.29 is 9.53 Å². The predicted octanol–water partition coefficient (Wildman–Crippen LogP) is 4.80. The first-order chi connectivity index (χ1) is 11.0. The van der Waals surface area contributed by atoms with Gasteiger partial charge in [0.15, 0.2) is 0 Å². The Hall–Kier alpha value is -1.95. The molecule has 2 rings (SSSR count). The molecule has 0 aliphatic carbocycles. The van der Waals surface area contributed by atoms with Gasteiger partial charge in [0.2, 0.25) is 5.13 Å². The van der Waals surface area contributed by atoms with E-state index in [0.29, 0.717) is 5.75 Å². The van der Waals surface area contributed by atoms with Gasteiger partial charge in [-0.3, -0.25) is 4.79 Å². The van der Waals surface area contributed by atoms with Gasteiger partial charge in [0.05, 0.1) is 0 Å². The van der Waals surface area contributed by atoms with E-state index < -0.39 is 0 Å². The number of nitrogens with one attached hydrogen (secondary N) is 1. The highest BCUT2D eigenvalue weighted by Crippen LogP contribution is 2.42. The third-order valence-corrected chi connectivity index (χ3v) is 4.17. The highest BCUT2D eigenvalue weighted by molar-refractivity contribution is 7.13. The highest BCUT2D eigenvalue weighted by atomic mass is 32.1. The summed E-state index contributed by atoms with van der Waals surface area (Å²) in [5.41, 5.74) is 4.21. The van der Waals surface area contributed by atoms with Crippen molar-refractivity contribution in [2.24, 2.45) is 0 Å². The summed E-state index contributed by atoms with van der Waals surface area (Å²) in [5.74, 6) is 0.348. The lowest BCUT2D eigenvalue weighted by molar-refractivity contribution is -0.132. The normalized spacial score (nSPS) is 12.1. The Morgan fingerprint density at radius 1 is 1.08 bits per heavy atom. The van der Waals surface area contributed by atoms with E-state index in [9.17, 15) is 4.79 Å². The second kappa shape index (κ2) is 6.51. The largest absolute Gasteiger partial charge is 0.426 e. The van der Waals surface area contributed by atoms with Gasteiger partial charge in [0.1, 0.15) is 11.3 Å². The average molecular weight is 347 g/mol. The molecule has 0 fully saturated rings. The van der Waals surface area contributed by atoms with Crippen LogP contribution in [-0.4, -0.2) is 16.2 Å². The summed E-state index contributed by atoms with van der Waals surface area (Å²) in [6, 6.07) is 4.05. The van der Waals surface area contributed by atoms with Crippen LogP contribution in [0.5, 0.6) is 5.75 Å². The van der Waals surface area contributed by atoms with E-state index in [-0.39, 0.29) is 16.8 Å². The summed E-state index contributed by atoms with van der Waals surface area (Å²) in [4.78, 5) is 11.7. The molecule has 6 heteroatoms. The van der Waals surface area contributed by atoms with Gasteiger partial charge < -0.3 is 10.1 Å². The van der Waals surface area contributed by atoms with E-state index in [2.05, 4.69) is 57.1 Å². The van der Waals surface area contributed by atoms with Crippen LogP contribution >= 0.6 is 11.3 Å². The monoisotopic (exact) mass is 347 g/mol. The minimum absolute atomic E-state index is 0.177. The zero-order chi connectivity index (χ0) is 18.1. The van der Waals surface area contributed by atoms with Gasteiger partial charge in [-0.05, 0) is 23.0 Å². The van der Waals surface area contributed by atoms with Gasteiger partial charge in [-0.15, -0.1) is 10.2 Å². The molecule has 0 aliphatic rings. The lowest BCUT2D eigenvalue weighted by Crippen LogP contribution is -2.21. The average Bonchev–Trinajstić information content (AvgIpc) is 2.89. The SMILES string of the molecule is CC(=O)Oc1c(C(C)(C)C)cc(Nc2nncs2)cc1C(C)(C)C. The zero-order valence-electron chi connectivity index (χ0n) is 15.4. The molecule has 0 amide bonds. The fraction of sp³-hybridized carbons (Fsp3) is 0.500. The first-order valence-corrected chi connectivity index (χ1v) is 8.77. The van der Waals surface area contributed by atoms with Crippen LogP contribution in [0.1, 0.15) is 59.6 Å². The van der Waals surface area contributed by atoms with Crippen molar-refractivity contribution >= 4 is 28.1 Å². The summed E-state index contributed by atoms with van der Waals surface area (Å²) in [7, 11) is 0. The zero-order valence-corrected chi connectivity index (χ0v) is 16.2. The van der Waals surface area contributed by atoms with Crippen LogP contribution in [0, 0.1) is 0 Å². The van der Waals surface area contributed by atoms with Crippen LogP contribution in [0.3, 0.4) is 0 Å². The number of carbonyl (C=O) groups is 1. The summed E-state index contributed by atoms with van der Waals surface area (Å²) in [5, 5.41) is 11.9. The molecule has 24 heavy (non-hydrogen) atoms. The molecule has 0 unspecified atom stereocenters. The van der Waals surface area contributed by atoms with Crippen LogP contribution in [0.4, 0.5) is 10.8 Å². The number of benzene rings is 1. The molecule has 0 bridgehead atoms. The molecule has 0 radical (unpaired) electrons. The van der Waals surface area contributed by atoms with Crippen molar-refractivity contribution in [3.8, 4) is 5.75 Å². The summed E-state index contributed by atoms with van der Waals surface area (Å²) in [6.45, 7) is 14.1. The van der Waals surface area contributed by atoms with E-state index in [1.165, 1.54) is 18.3 Å². The summed E-state index contributed by atoms with van der Waals surface area (Å²) < 4.78 is 5.63. The molecule has 5 nitrogen and oxygen atoms in total. The van der Waals surface area contributed by atoms with Gasteiger partial charge in [0.25, 0.3) is 0 Å². The maximum atomic E-state index is 11.7. The predicted molar refractivity (Wildman–Crippen MR) is 98.3 cm³/mol. The lowest BCUT2D eigenvalue weighted by atomic mass is 9.79. The minimum atomic E-state index is -0.309. The summed E-state index contributed by atoms with van der Waals surface area (Å²) in [6.07, 6.45) is 0. The van der Waals surface area contributed by atoms with Crippen molar-refractivity contribution in [1.82, 2.24) is 10.2 Å². The molecular formula is C18H25N3O2S. The van der Waals surface area contributed by atoms with Crippen LogP contribution in [0.2, 0.25) is 0 Å². The molecule has 0 saturated carbocycles. The number of rotatable bonds is 3. The first kappa shape index (κ1) is 18.4. The van der Waals surface area contributed by atoms with Crippen molar-refractivity contribution in [1.29, 1.82) is 0 Å². The Bertz CT molecular complexity index is 691. The Kier molecular flexibility index (Phi) is 4.99. The molecule has 130 valence electrons. The molecule has 0 aliphatic heterocycles. The van der Waals surface area contributed by atoms with Crippen LogP contribution in [0.25, 0.3) is 0 Å². The van der Waals surface area contributed by atoms with Crippen molar-refractivity contribution in [3.05, 3.63) is 28.8 Å². The maximum absolute atomic E-state index is 11.7. The maximum Gasteiger partial charge on any atom is 0.308 e. The van der Waals surface area contributed by atoms with E-state index in [4.69, 9.17) is 4.74 Å². The highest BCUT2D eigenvalue weighted by Gasteiger charge is 2.29. The molecule has 0 saturated heterocycles. The Labute approximate surface area is 147 Å². The standard InChI is InChI=1S/C18H25N3O2S/c1-11(22)23-15-13(17(2,3)4)8-12(9-14(15)18(5,6)7)20-16-21-19-10-24-16/h8-10H,1-7H3,(H,20,21). The van der Waals surface area contributed by atoms with Gasteiger partial charge in [0, 0.05) is 23.7 Å². The summed E-state index contributed by atoms with van der Waals surface area (Å²) >= 11 is 1.44. The molecule has 1 heterocycles. The minimum Gasteiger partial charge on any atom is -0.426 e. The van der Waals surface area contributed by atoms with Crippen LogP contribution < -0.4 is 10.1 Å². The number of carbonyl (C=O) groups excluding carboxylic acids is 1. The van der Waals surface area contributed by atoms with Crippen molar-refractivity contribution in [2.45, 2.75) is 59.3 Å². The fourth-order valence-corrected chi connectivity index (χ4v) is 2.89. The van der Waals surface area contributed by atoms with Gasteiger partial charge >= 0.3 is 5.97 Å². The van der Waals surface area contributed by atoms with Crippen LogP contribution in [0.15, 0.2) is 17.6 Å². The number of nitrogens with zero attached hydrogens (tertiary/aromatic N) is 2. The van der Waals surface area contributed by atoms with Crippen molar-refractivity contribution in [2.75, 3.05) is 5.32 Å². The van der Waals surface area contributed by atoms with Gasteiger partial charge in [-0.25, -0.2) is 0 Å². The molecule has 2 aromatic rings. The number of ether oxygens (including phenoxy) is 1. The van der Waals surface area contributed by atoms with Crippen molar-refractivity contribution in [3.63, 3.8) is 0 Å². The van der Waals surface area contributed by atoms with Gasteiger partial charge in [-0.2, -0.15) is 0 Å². The number of anilines is 2. The van der Waals surface area contributed by atoms with Gasteiger partial charge in [-0.1, -0.05) is 52.9 Å². The number of esters is 1. The van der Waals surface area contributed by atoms with E-state index in [1.54, 1.807) is 5.51 Å². The first-order valence-electron chi connectivity index (χ1n) is 7.89. The smallest absolute Gasteiger partial charge is 0.308 e. The fourth-order valence-electron chi connectivity index (χ4n) is 2.42. The third-order valence-electron chi connectivity index (χ3n) is 3.56. The lowest BCUT2D eigenvalue weighted by Gasteiger charge is -2.30. The molecule has 1 aromatic heterocycles. The van der Waals surface area contributed by atoms with E-state index in [1.807, 2.05) is 12.1 Å². The molecular weight excluding hydrogens is 322 g/mol. The Morgan fingerprint density at radius 2 is 1.62 bits per heavy atom. The number of aromatic nitrogens is 2. The molecule has 0 atom stereocenters.